The van der Waals surface area contributed by atoms with Crippen molar-refractivity contribution < 1.29 is 9.59 Å². The van der Waals surface area contributed by atoms with Crippen LogP contribution in [0.15, 0.2) is 48.5 Å². The number of nitriles is 1. The SMILES string of the molecule is N#Cc1ccc(NC(=O)NCc2ccc(N3CCCC3=O)cc2)cc1. The molecule has 0 bridgehead atoms. The van der Waals surface area contributed by atoms with Gasteiger partial charge in [0, 0.05) is 30.9 Å². The quantitative estimate of drug-likeness (QED) is 0.901. The molecule has 3 rings (SSSR count). The highest BCUT2D eigenvalue weighted by Crippen LogP contribution is 2.21. The predicted molar refractivity (Wildman–Crippen MR) is 95.0 cm³/mol. The molecule has 0 aliphatic carbocycles. The molecule has 0 atom stereocenters. The topological polar surface area (TPSA) is 85.2 Å². The van der Waals surface area contributed by atoms with Gasteiger partial charge in [-0.3, -0.25) is 4.79 Å². The van der Waals surface area contributed by atoms with E-state index in [2.05, 4.69) is 10.6 Å². The first-order chi connectivity index (χ1) is 12.2. The van der Waals surface area contributed by atoms with Gasteiger partial charge in [0.2, 0.25) is 5.91 Å². The Bertz CT molecular complexity index is 807. The number of hydrogen-bond donors (Lipinski definition) is 2. The van der Waals surface area contributed by atoms with E-state index in [9.17, 15) is 9.59 Å². The fourth-order valence-electron chi connectivity index (χ4n) is 2.70. The normalized spacial score (nSPS) is 13.4. The van der Waals surface area contributed by atoms with Crippen molar-refractivity contribution in [3.05, 3.63) is 59.7 Å². The van der Waals surface area contributed by atoms with E-state index in [1.165, 1.54) is 0 Å². The van der Waals surface area contributed by atoms with Crippen LogP contribution in [0.4, 0.5) is 16.2 Å². The molecule has 2 aromatic rings. The van der Waals surface area contributed by atoms with Crippen molar-refractivity contribution in [3.63, 3.8) is 0 Å². The fraction of sp³-hybridized carbons (Fsp3) is 0.211. The highest BCUT2D eigenvalue weighted by Gasteiger charge is 2.21. The predicted octanol–water partition coefficient (Wildman–Crippen LogP) is 3.01. The van der Waals surface area contributed by atoms with Crippen LogP contribution >= 0.6 is 0 Å². The van der Waals surface area contributed by atoms with Gasteiger partial charge in [-0.2, -0.15) is 5.26 Å². The maximum absolute atomic E-state index is 11.9. The molecule has 0 aromatic heterocycles. The Hall–Kier alpha value is -3.33. The van der Waals surface area contributed by atoms with Gasteiger partial charge in [0.05, 0.1) is 11.6 Å². The van der Waals surface area contributed by atoms with E-state index in [0.29, 0.717) is 24.2 Å². The molecule has 1 aliphatic heterocycles. The monoisotopic (exact) mass is 334 g/mol. The van der Waals surface area contributed by atoms with Crippen LogP contribution in [0.25, 0.3) is 0 Å². The summed E-state index contributed by atoms with van der Waals surface area (Å²) in [4.78, 5) is 25.4. The van der Waals surface area contributed by atoms with Gasteiger partial charge >= 0.3 is 6.03 Å². The zero-order chi connectivity index (χ0) is 17.6. The number of urea groups is 1. The Kier molecular flexibility index (Phi) is 4.95. The first kappa shape index (κ1) is 16.5. The largest absolute Gasteiger partial charge is 0.334 e. The van der Waals surface area contributed by atoms with E-state index in [1.807, 2.05) is 30.3 Å². The Morgan fingerprint density at radius 1 is 1.12 bits per heavy atom. The van der Waals surface area contributed by atoms with E-state index in [0.717, 1.165) is 24.2 Å². The Balaban J connectivity index is 1.51. The lowest BCUT2D eigenvalue weighted by Crippen LogP contribution is -2.28. The molecule has 1 fully saturated rings. The average Bonchev–Trinajstić information content (AvgIpc) is 3.07. The molecule has 2 aromatic carbocycles. The minimum Gasteiger partial charge on any atom is -0.334 e. The zero-order valence-electron chi connectivity index (χ0n) is 13.7. The summed E-state index contributed by atoms with van der Waals surface area (Å²) >= 11 is 0. The van der Waals surface area contributed by atoms with E-state index in [4.69, 9.17) is 5.26 Å². The molecular weight excluding hydrogens is 316 g/mol. The summed E-state index contributed by atoms with van der Waals surface area (Å²) in [6.45, 7) is 1.15. The van der Waals surface area contributed by atoms with Gasteiger partial charge in [0.25, 0.3) is 0 Å². The maximum atomic E-state index is 11.9. The molecule has 0 unspecified atom stereocenters. The standard InChI is InChI=1S/C19H18N4O2/c20-12-14-3-7-16(8-4-14)22-19(25)21-13-15-5-9-17(10-6-15)23-11-1-2-18(23)24/h3-10H,1-2,11,13H2,(H2,21,22,25). The van der Waals surface area contributed by atoms with Crippen molar-refractivity contribution in [3.8, 4) is 6.07 Å². The van der Waals surface area contributed by atoms with Crippen molar-refractivity contribution in [1.82, 2.24) is 5.32 Å². The molecule has 0 saturated carbocycles. The van der Waals surface area contributed by atoms with E-state index in [1.54, 1.807) is 29.2 Å². The van der Waals surface area contributed by atoms with Gasteiger partial charge < -0.3 is 15.5 Å². The molecule has 6 heteroatoms. The van der Waals surface area contributed by atoms with Crippen LogP contribution in [0.5, 0.6) is 0 Å². The van der Waals surface area contributed by atoms with Crippen LogP contribution in [0, 0.1) is 11.3 Å². The van der Waals surface area contributed by atoms with Crippen LogP contribution in [0.1, 0.15) is 24.0 Å². The molecule has 0 radical (unpaired) electrons. The molecule has 2 N–H and O–H groups in total. The third-order valence-corrected chi connectivity index (χ3v) is 4.05. The minimum atomic E-state index is -0.316. The molecular formula is C19H18N4O2. The van der Waals surface area contributed by atoms with Gasteiger partial charge in [-0.25, -0.2) is 4.79 Å². The second-order valence-electron chi connectivity index (χ2n) is 5.81. The number of carbonyl (C=O) groups excluding carboxylic acids is 2. The summed E-state index contributed by atoms with van der Waals surface area (Å²) < 4.78 is 0. The first-order valence-corrected chi connectivity index (χ1v) is 8.10. The summed E-state index contributed by atoms with van der Waals surface area (Å²) in [5, 5.41) is 14.2. The number of nitrogens with one attached hydrogen (secondary N) is 2. The van der Waals surface area contributed by atoms with Crippen molar-refractivity contribution in [2.45, 2.75) is 19.4 Å². The molecule has 1 heterocycles. The van der Waals surface area contributed by atoms with E-state index >= 15 is 0 Å². The lowest BCUT2D eigenvalue weighted by atomic mass is 10.2. The van der Waals surface area contributed by atoms with E-state index in [-0.39, 0.29) is 11.9 Å². The maximum Gasteiger partial charge on any atom is 0.319 e. The first-order valence-electron chi connectivity index (χ1n) is 8.10. The fourth-order valence-corrected chi connectivity index (χ4v) is 2.70. The van der Waals surface area contributed by atoms with Crippen LogP contribution in [0.2, 0.25) is 0 Å². The Morgan fingerprint density at radius 3 is 2.44 bits per heavy atom. The van der Waals surface area contributed by atoms with Crippen molar-refractivity contribution >= 4 is 23.3 Å². The number of amides is 3. The lowest BCUT2D eigenvalue weighted by molar-refractivity contribution is -0.117. The smallest absolute Gasteiger partial charge is 0.319 e. The lowest BCUT2D eigenvalue weighted by Gasteiger charge is -2.16. The molecule has 1 saturated heterocycles. The number of nitrogens with zero attached hydrogens (tertiary/aromatic N) is 2. The molecule has 25 heavy (non-hydrogen) atoms. The van der Waals surface area contributed by atoms with Crippen molar-refractivity contribution in [2.75, 3.05) is 16.8 Å². The summed E-state index contributed by atoms with van der Waals surface area (Å²) in [6, 6.07) is 16.0. The van der Waals surface area contributed by atoms with Crippen molar-refractivity contribution in [2.24, 2.45) is 0 Å². The Labute approximate surface area is 146 Å². The highest BCUT2D eigenvalue weighted by molar-refractivity contribution is 5.95. The van der Waals surface area contributed by atoms with Crippen LogP contribution in [0.3, 0.4) is 0 Å². The summed E-state index contributed by atoms with van der Waals surface area (Å²) in [5.74, 6) is 0.160. The van der Waals surface area contributed by atoms with Crippen molar-refractivity contribution in [1.29, 1.82) is 5.26 Å². The molecule has 1 aliphatic rings. The second kappa shape index (κ2) is 7.49. The van der Waals surface area contributed by atoms with Gasteiger partial charge in [-0.1, -0.05) is 12.1 Å². The minimum absolute atomic E-state index is 0.160. The van der Waals surface area contributed by atoms with E-state index < -0.39 is 0 Å². The highest BCUT2D eigenvalue weighted by atomic mass is 16.2. The zero-order valence-corrected chi connectivity index (χ0v) is 13.7. The van der Waals surface area contributed by atoms with Gasteiger partial charge in [-0.15, -0.1) is 0 Å². The number of carbonyl (C=O) groups is 2. The van der Waals surface area contributed by atoms with Crippen LogP contribution in [-0.2, 0) is 11.3 Å². The number of hydrogen-bond acceptors (Lipinski definition) is 3. The molecule has 3 amide bonds. The molecule has 6 nitrogen and oxygen atoms in total. The summed E-state index contributed by atoms with van der Waals surface area (Å²) in [6.07, 6.45) is 1.51. The second-order valence-corrected chi connectivity index (χ2v) is 5.81. The summed E-state index contributed by atoms with van der Waals surface area (Å²) in [7, 11) is 0. The molecule has 0 spiro atoms. The molecule has 126 valence electrons. The number of rotatable bonds is 4. The third-order valence-electron chi connectivity index (χ3n) is 4.05. The van der Waals surface area contributed by atoms with Crippen LogP contribution in [-0.4, -0.2) is 18.5 Å². The van der Waals surface area contributed by atoms with Crippen LogP contribution < -0.4 is 15.5 Å². The number of benzene rings is 2. The van der Waals surface area contributed by atoms with Gasteiger partial charge in [-0.05, 0) is 48.4 Å². The average molecular weight is 334 g/mol. The Morgan fingerprint density at radius 2 is 1.84 bits per heavy atom. The third kappa shape index (κ3) is 4.15. The summed E-state index contributed by atoms with van der Waals surface area (Å²) in [5.41, 5.74) is 3.01. The van der Waals surface area contributed by atoms with Gasteiger partial charge in [0.15, 0.2) is 0 Å². The number of anilines is 2. The van der Waals surface area contributed by atoms with Gasteiger partial charge in [0.1, 0.15) is 0 Å².